The van der Waals surface area contributed by atoms with Crippen LogP contribution in [0.4, 0.5) is 5.69 Å². The molecule has 1 atom stereocenters. The molecule has 98 valence electrons. The van der Waals surface area contributed by atoms with Crippen LogP contribution in [0.5, 0.6) is 5.75 Å². The highest BCUT2D eigenvalue weighted by Gasteiger charge is 2.37. The van der Waals surface area contributed by atoms with Crippen LogP contribution in [0.3, 0.4) is 0 Å². The van der Waals surface area contributed by atoms with Crippen LogP contribution >= 0.6 is 15.9 Å². The molecule has 1 saturated heterocycles. The van der Waals surface area contributed by atoms with Crippen molar-refractivity contribution >= 4 is 37.5 Å². The molecule has 0 aliphatic carbocycles. The van der Waals surface area contributed by atoms with Crippen LogP contribution in [-0.4, -0.2) is 31.2 Å². The summed E-state index contributed by atoms with van der Waals surface area (Å²) in [4.78, 5) is 13.0. The molecule has 1 aromatic carbocycles. The Kier molecular flexibility index (Phi) is 3.35. The van der Waals surface area contributed by atoms with Crippen molar-refractivity contribution in [2.24, 2.45) is 5.14 Å². The highest BCUT2D eigenvalue weighted by Crippen LogP contribution is 2.33. The first-order valence-corrected chi connectivity index (χ1v) is 7.50. The summed E-state index contributed by atoms with van der Waals surface area (Å²) in [6.45, 7) is -0.0349. The third-order valence-corrected chi connectivity index (χ3v) is 4.52. The summed E-state index contributed by atoms with van der Waals surface area (Å²) in [7, 11) is -3.75. The summed E-state index contributed by atoms with van der Waals surface area (Å²) in [5, 5.41) is 13.9. The zero-order valence-corrected chi connectivity index (χ0v) is 11.6. The Hall–Kier alpha value is -1.12. The largest absolute Gasteiger partial charge is 0.506 e. The number of hydrogen-bond acceptors (Lipinski definition) is 4. The Morgan fingerprint density at radius 2 is 2.11 bits per heavy atom. The normalized spacial score (nSPS) is 20.4. The van der Waals surface area contributed by atoms with E-state index in [4.69, 9.17) is 5.14 Å². The van der Waals surface area contributed by atoms with Crippen LogP contribution in [0.2, 0.25) is 0 Å². The number of anilines is 1. The molecule has 1 aromatic rings. The van der Waals surface area contributed by atoms with Crippen molar-refractivity contribution in [2.45, 2.75) is 11.7 Å². The van der Waals surface area contributed by atoms with E-state index in [1.807, 2.05) is 0 Å². The summed E-state index contributed by atoms with van der Waals surface area (Å²) in [5.74, 6) is -0.459. The van der Waals surface area contributed by atoms with E-state index < -0.39 is 15.3 Å². The van der Waals surface area contributed by atoms with E-state index in [0.717, 1.165) is 0 Å². The summed E-state index contributed by atoms with van der Waals surface area (Å²) < 4.78 is 23.1. The van der Waals surface area contributed by atoms with E-state index in [1.54, 1.807) is 12.1 Å². The minimum Gasteiger partial charge on any atom is -0.506 e. The van der Waals surface area contributed by atoms with Crippen LogP contribution in [-0.2, 0) is 14.8 Å². The minimum atomic E-state index is -3.75. The Labute approximate surface area is 113 Å². The third kappa shape index (κ3) is 2.50. The van der Waals surface area contributed by atoms with Crippen LogP contribution in [0.15, 0.2) is 22.7 Å². The number of sulfonamides is 1. The fraction of sp³-hybridized carbons (Fsp3) is 0.300. The molecule has 1 heterocycles. The summed E-state index contributed by atoms with van der Waals surface area (Å²) in [6.07, 6.45) is -0.158. The summed E-state index contributed by atoms with van der Waals surface area (Å²) in [5.41, 5.74) is 0.286. The van der Waals surface area contributed by atoms with Crippen LogP contribution in [0, 0.1) is 0 Å². The molecule has 8 heteroatoms. The van der Waals surface area contributed by atoms with Gasteiger partial charge < -0.3 is 10.0 Å². The number of nitrogens with zero attached hydrogens (tertiary/aromatic N) is 1. The molecular weight excluding hydrogens is 324 g/mol. The molecule has 18 heavy (non-hydrogen) atoms. The highest BCUT2D eigenvalue weighted by atomic mass is 79.9. The molecule has 2 rings (SSSR count). The zero-order valence-electron chi connectivity index (χ0n) is 9.21. The van der Waals surface area contributed by atoms with Gasteiger partial charge in [0.25, 0.3) is 0 Å². The lowest BCUT2D eigenvalue weighted by atomic mass is 10.2. The Balaban J connectivity index is 2.33. The number of aromatic hydroxyl groups is 1. The predicted molar refractivity (Wildman–Crippen MR) is 69.7 cm³/mol. The maximum absolute atomic E-state index is 11.8. The molecule has 1 fully saturated rings. The number of halogens is 1. The molecule has 0 bridgehead atoms. The van der Waals surface area contributed by atoms with Gasteiger partial charge >= 0.3 is 0 Å². The molecule has 1 aliphatic rings. The molecule has 0 saturated carbocycles. The van der Waals surface area contributed by atoms with Gasteiger partial charge in [0.1, 0.15) is 11.0 Å². The molecule has 1 aliphatic heterocycles. The number of amides is 1. The van der Waals surface area contributed by atoms with Crippen LogP contribution in [0.1, 0.15) is 6.42 Å². The van der Waals surface area contributed by atoms with E-state index in [9.17, 15) is 18.3 Å². The molecule has 1 unspecified atom stereocenters. The van der Waals surface area contributed by atoms with Crippen molar-refractivity contribution in [3.8, 4) is 5.75 Å². The lowest BCUT2D eigenvalue weighted by Gasteiger charge is -2.17. The Bertz CT molecular complexity index is 602. The molecule has 1 amide bonds. The topological polar surface area (TPSA) is 101 Å². The second-order valence-electron chi connectivity index (χ2n) is 4.05. The molecule has 0 spiro atoms. The number of carbonyl (C=O) groups is 1. The molecular formula is C10H11BrN2O4S. The van der Waals surface area contributed by atoms with Gasteiger partial charge in [-0.3, -0.25) is 4.79 Å². The second kappa shape index (κ2) is 4.52. The number of carbonyl (C=O) groups excluding carboxylic acids is 1. The van der Waals surface area contributed by atoms with Gasteiger partial charge in [-0.25, -0.2) is 13.6 Å². The molecule has 3 N–H and O–H groups in total. The highest BCUT2D eigenvalue weighted by molar-refractivity contribution is 9.10. The van der Waals surface area contributed by atoms with Gasteiger partial charge in [0.05, 0.1) is 5.69 Å². The van der Waals surface area contributed by atoms with Crippen molar-refractivity contribution in [3.05, 3.63) is 22.7 Å². The number of phenolic OH excluding ortho intramolecular Hbond substituents is 1. The number of primary sulfonamides is 1. The van der Waals surface area contributed by atoms with Crippen molar-refractivity contribution < 1.29 is 18.3 Å². The van der Waals surface area contributed by atoms with E-state index in [-0.39, 0.29) is 30.3 Å². The van der Waals surface area contributed by atoms with Gasteiger partial charge in [0, 0.05) is 17.4 Å². The first-order valence-electron chi connectivity index (χ1n) is 5.09. The number of rotatable bonds is 2. The number of benzene rings is 1. The average Bonchev–Trinajstić information content (AvgIpc) is 2.60. The van der Waals surface area contributed by atoms with E-state index in [2.05, 4.69) is 15.9 Å². The number of phenols is 1. The SMILES string of the molecule is NS(=O)(=O)C1CC(=O)N(c2ccc(Br)cc2O)C1. The van der Waals surface area contributed by atoms with Gasteiger partial charge in [-0.1, -0.05) is 15.9 Å². The van der Waals surface area contributed by atoms with Crippen LogP contribution < -0.4 is 10.0 Å². The first-order chi connectivity index (χ1) is 8.29. The summed E-state index contributed by atoms with van der Waals surface area (Å²) >= 11 is 3.18. The van der Waals surface area contributed by atoms with Gasteiger partial charge in [0.15, 0.2) is 0 Å². The smallest absolute Gasteiger partial charge is 0.228 e. The maximum Gasteiger partial charge on any atom is 0.228 e. The molecule has 0 radical (unpaired) electrons. The van der Waals surface area contributed by atoms with E-state index in [0.29, 0.717) is 4.47 Å². The maximum atomic E-state index is 11.8. The van der Waals surface area contributed by atoms with Crippen molar-refractivity contribution in [1.29, 1.82) is 0 Å². The van der Waals surface area contributed by atoms with Gasteiger partial charge in [-0.05, 0) is 18.2 Å². The van der Waals surface area contributed by atoms with Gasteiger partial charge in [-0.15, -0.1) is 0 Å². The fourth-order valence-electron chi connectivity index (χ4n) is 1.85. The quantitative estimate of drug-likeness (QED) is 0.824. The van der Waals surface area contributed by atoms with E-state index in [1.165, 1.54) is 11.0 Å². The molecule has 6 nitrogen and oxygen atoms in total. The first kappa shape index (κ1) is 13.3. The van der Waals surface area contributed by atoms with Crippen molar-refractivity contribution in [1.82, 2.24) is 0 Å². The van der Waals surface area contributed by atoms with Crippen LogP contribution in [0.25, 0.3) is 0 Å². The van der Waals surface area contributed by atoms with Gasteiger partial charge in [0.2, 0.25) is 15.9 Å². The van der Waals surface area contributed by atoms with Crippen molar-refractivity contribution in [3.63, 3.8) is 0 Å². The predicted octanol–water partition coefficient (Wildman–Crippen LogP) is 0.549. The summed E-state index contributed by atoms with van der Waals surface area (Å²) in [6, 6.07) is 4.64. The minimum absolute atomic E-state index is 0.0349. The third-order valence-electron chi connectivity index (χ3n) is 2.78. The standard InChI is InChI=1S/C10H11BrN2O4S/c11-6-1-2-8(9(14)3-6)13-5-7(4-10(13)15)18(12,16)17/h1-3,7,14H,4-5H2,(H2,12,16,17). The zero-order chi connectivity index (χ0) is 13.5. The monoisotopic (exact) mass is 334 g/mol. The van der Waals surface area contributed by atoms with E-state index >= 15 is 0 Å². The lowest BCUT2D eigenvalue weighted by Crippen LogP contribution is -2.32. The number of hydrogen-bond donors (Lipinski definition) is 2. The Morgan fingerprint density at radius 1 is 1.44 bits per heavy atom. The lowest BCUT2D eigenvalue weighted by molar-refractivity contribution is -0.117. The Morgan fingerprint density at radius 3 is 2.61 bits per heavy atom. The number of nitrogens with two attached hydrogens (primary N) is 1. The van der Waals surface area contributed by atoms with Crippen molar-refractivity contribution in [2.75, 3.05) is 11.4 Å². The molecule has 0 aromatic heterocycles. The van der Waals surface area contributed by atoms with Gasteiger partial charge in [-0.2, -0.15) is 0 Å². The average molecular weight is 335 g/mol. The fourth-order valence-corrected chi connectivity index (χ4v) is 2.93. The second-order valence-corrected chi connectivity index (χ2v) is 6.81.